The van der Waals surface area contributed by atoms with Gasteiger partial charge in [-0.25, -0.2) is 0 Å². The van der Waals surface area contributed by atoms with Crippen molar-refractivity contribution >= 4 is 5.91 Å². The molecule has 0 saturated heterocycles. The van der Waals surface area contributed by atoms with Gasteiger partial charge in [-0.05, 0) is 37.5 Å². The summed E-state index contributed by atoms with van der Waals surface area (Å²) in [6, 6.07) is 2.43. The zero-order chi connectivity index (χ0) is 13.1. The van der Waals surface area contributed by atoms with Gasteiger partial charge in [0.1, 0.15) is 5.92 Å². The summed E-state index contributed by atoms with van der Waals surface area (Å²) in [4.78, 5) is 13.9. The molecule has 17 heavy (non-hydrogen) atoms. The van der Waals surface area contributed by atoms with E-state index in [9.17, 15) is 4.79 Å². The van der Waals surface area contributed by atoms with Crippen LogP contribution >= 0.6 is 0 Å². The SMILES string of the molecule is CCC(C#N)C(=O)N(C)C1CCC(C)(C)CC1. The molecule has 0 heterocycles. The Morgan fingerprint density at radius 1 is 1.47 bits per heavy atom. The average molecular weight is 236 g/mol. The van der Waals surface area contributed by atoms with Crippen molar-refractivity contribution in [3.63, 3.8) is 0 Å². The van der Waals surface area contributed by atoms with Gasteiger partial charge in [-0.15, -0.1) is 0 Å². The second-order valence-electron chi connectivity index (χ2n) is 5.93. The third-order valence-corrected chi connectivity index (χ3v) is 4.07. The highest BCUT2D eigenvalue weighted by Crippen LogP contribution is 2.36. The lowest BCUT2D eigenvalue weighted by molar-refractivity contribution is -0.135. The Morgan fingerprint density at radius 2 is 2.00 bits per heavy atom. The van der Waals surface area contributed by atoms with Gasteiger partial charge in [0.15, 0.2) is 0 Å². The molecule has 0 spiro atoms. The predicted octanol–water partition coefficient (Wildman–Crippen LogP) is 2.96. The van der Waals surface area contributed by atoms with Gasteiger partial charge in [0.05, 0.1) is 6.07 Å². The quantitative estimate of drug-likeness (QED) is 0.756. The van der Waals surface area contributed by atoms with Gasteiger partial charge in [0.2, 0.25) is 5.91 Å². The van der Waals surface area contributed by atoms with Crippen LogP contribution in [0.2, 0.25) is 0 Å². The number of hydrogen-bond acceptors (Lipinski definition) is 2. The second-order valence-corrected chi connectivity index (χ2v) is 5.93. The lowest BCUT2D eigenvalue weighted by atomic mass is 9.75. The summed E-state index contributed by atoms with van der Waals surface area (Å²) in [5, 5.41) is 8.93. The van der Waals surface area contributed by atoms with Crippen LogP contribution in [-0.4, -0.2) is 23.9 Å². The Kier molecular flexibility index (Phi) is 4.56. The van der Waals surface area contributed by atoms with Gasteiger partial charge < -0.3 is 4.90 Å². The molecular weight excluding hydrogens is 212 g/mol. The molecule has 0 aromatic heterocycles. The van der Waals surface area contributed by atoms with E-state index in [-0.39, 0.29) is 5.91 Å². The molecule has 0 radical (unpaired) electrons. The molecule has 3 heteroatoms. The number of nitriles is 1. The van der Waals surface area contributed by atoms with Crippen molar-refractivity contribution in [3.05, 3.63) is 0 Å². The van der Waals surface area contributed by atoms with Crippen molar-refractivity contribution in [1.29, 1.82) is 5.26 Å². The maximum absolute atomic E-state index is 12.1. The van der Waals surface area contributed by atoms with Crippen molar-refractivity contribution in [3.8, 4) is 6.07 Å². The Hall–Kier alpha value is -1.04. The van der Waals surface area contributed by atoms with Crippen LogP contribution in [0.3, 0.4) is 0 Å². The molecule has 96 valence electrons. The molecule has 1 saturated carbocycles. The van der Waals surface area contributed by atoms with Gasteiger partial charge in [-0.1, -0.05) is 20.8 Å². The van der Waals surface area contributed by atoms with Crippen LogP contribution in [0.5, 0.6) is 0 Å². The van der Waals surface area contributed by atoms with Gasteiger partial charge in [-0.3, -0.25) is 4.79 Å². The first-order valence-corrected chi connectivity index (χ1v) is 6.57. The van der Waals surface area contributed by atoms with Crippen molar-refractivity contribution in [2.45, 2.75) is 58.9 Å². The summed E-state index contributed by atoms with van der Waals surface area (Å²) < 4.78 is 0. The number of carbonyl (C=O) groups is 1. The molecule has 0 N–H and O–H groups in total. The topological polar surface area (TPSA) is 44.1 Å². The van der Waals surface area contributed by atoms with Crippen LogP contribution in [0.4, 0.5) is 0 Å². The lowest BCUT2D eigenvalue weighted by Crippen LogP contribution is -2.43. The molecule has 1 atom stereocenters. The van der Waals surface area contributed by atoms with Crippen LogP contribution in [-0.2, 0) is 4.79 Å². The zero-order valence-electron chi connectivity index (χ0n) is 11.5. The highest BCUT2D eigenvalue weighted by atomic mass is 16.2. The molecule has 1 unspecified atom stereocenters. The molecule has 1 rings (SSSR count). The first kappa shape index (κ1) is 14.0. The monoisotopic (exact) mass is 236 g/mol. The number of hydrogen-bond donors (Lipinski definition) is 0. The Balaban J connectivity index is 2.57. The summed E-state index contributed by atoms with van der Waals surface area (Å²) in [5.41, 5.74) is 0.416. The van der Waals surface area contributed by atoms with E-state index < -0.39 is 5.92 Å². The normalized spacial score (nSPS) is 21.6. The third-order valence-electron chi connectivity index (χ3n) is 4.07. The fraction of sp³-hybridized carbons (Fsp3) is 0.857. The van der Waals surface area contributed by atoms with E-state index in [4.69, 9.17) is 5.26 Å². The summed E-state index contributed by atoms with van der Waals surface area (Å²) in [7, 11) is 1.85. The summed E-state index contributed by atoms with van der Waals surface area (Å²) in [5.74, 6) is -0.463. The Bertz CT molecular complexity index is 307. The van der Waals surface area contributed by atoms with E-state index in [0.717, 1.165) is 12.8 Å². The largest absolute Gasteiger partial charge is 0.342 e. The smallest absolute Gasteiger partial charge is 0.239 e. The van der Waals surface area contributed by atoms with Crippen LogP contribution in [0, 0.1) is 22.7 Å². The summed E-state index contributed by atoms with van der Waals surface area (Å²) >= 11 is 0. The Labute approximate surface area is 105 Å². The van der Waals surface area contributed by atoms with Crippen molar-refractivity contribution in [2.75, 3.05) is 7.05 Å². The molecule has 1 aliphatic rings. The summed E-state index contributed by atoms with van der Waals surface area (Å²) in [6.45, 7) is 6.47. The lowest BCUT2D eigenvalue weighted by Gasteiger charge is -2.39. The maximum Gasteiger partial charge on any atom is 0.239 e. The number of nitrogens with zero attached hydrogens (tertiary/aromatic N) is 2. The van der Waals surface area contributed by atoms with Crippen molar-refractivity contribution in [1.82, 2.24) is 4.90 Å². The fourth-order valence-corrected chi connectivity index (χ4v) is 2.52. The van der Waals surface area contributed by atoms with Crippen molar-refractivity contribution in [2.24, 2.45) is 11.3 Å². The number of amides is 1. The molecule has 1 aliphatic carbocycles. The molecule has 0 bridgehead atoms. The minimum absolute atomic E-state index is 0.000272. The highest BCUT2D eigenvalue weighted by Gasteiger charge is 2.32. The number of rotatable bonds is 3. The van der Waals surface area contributed by atoms with E-state index in [1.807, 2.05) is 18.9 Å². The van der Waals surface area contributed by atoms with Gasteiger partial charge in [0.25, 0.3) is 0 Å². The minimum atomic E-state index is -0.463. The zero-order valence-corrected chi connectivity index (χ0v) is 11.5. The Morgan fingerprint density at radius 3 is 2.41 bits per heavy atom. The van der Waals surface area contributed by atoms with Crippen LogP contribution < -0.4 is 0 Å². The molecule has 1 fully saturated rings. The predicted molar refractivity (Wildman–Crippen MR) is 68.2 cm³/mol. The van der Waals surface area contributed by atoms with E-state index >= 15 is 0 Å². The van der Waals surface area contributed by atoms with E-state index in [0.29, 0.717) is 17.9 Å². The molecule has 3 nitrogen and oxygen atoms in total. The highest BCUT2D eigenvalue weighted by molar-refractivity contribution is 5.81. The standard InChI is InChI=1S/C14H24N2O/c1-5-11(10-15)13(17)16(4)12-6-8-14(2,3)9-7-12/h11-12H,5-9H2,1-4H3. The second kappa shape index (κ2) is 5.53. The van der Waals surface area contributed by atoms with Crippen LogP contribution in [0.25, 0.3) is 0 Å². The molecule has 0 aromatic rings. The minimum Gasteiger partial charge on any atom is -0.342 e. The first-order chi connectivity index (χ1) is 7.91. The van der Waals surface area contributed by atoms with E-state index in [1.54, 1.807) is 0 Å². The van der Waals surface area contributed by atoms with E-state index in [1.165, 1.54) is 12.8 Å². The molecule has 0 aliphatic heterocycles. The fourth-order valence-electron chi connectivity index (χ4n) is 2.52. The van der Waals surface area contributed by atoms with Crippen LogP contribution in [0.1, 0.15) is 52.9 Å². The van der Waals surface area contributed by atoms with Crippen LogP contribution in [0.15, 0.2) is 0 Å². The van der Waals surface area contributed by atoms with Crippen molar-refractivity contribution < 1.29 is 4.79 Å². The molecule has 1 amide bonds. The van der Waals surface area contributed by atoms with Gasteiger partial charge in [-0.2, -0.15) is 5.26 Å². The van der Waals surface area contributed by atoms with Gasteiger partial charge in [0, 0.05) is 13.1 Å². The maximum atomic E-state index is 12.1. The summed E-state index contributed by atoms with van der Waals surface area (Å²) in [6.07, 6.45) is 5.07. The average Bonchev–Trinajstić information content (AvgIpc) is 2.29. The molecule has 0 aromatic carbocycles. The molecular formula is C14H24N2O. The van der Waals surface area contributed by atoms with Gasteiger partial charge >= 0.3 is 0 Å². The number of carbonyl (C=O) groups excluding carboxylic acids is 1. The van der Waals surface area contributed by atoms with E-state index in [2.05, 4.69) is 19.9 Å². The first-order valence-electron chi connectivity index (χ1n) is 6.57. The third kappa shape index (κ3) is 3.46.